The summed E-state index contributed by atoms with van der Waals surface area (Å²) in [5.74, 6) is 0. The van der Waals surface area contributed by atoms with E-state index in [4.69, 9.17) is 0 Å². The minimum Gasteiger partial charge on any atom is -0.314 e. The van der Waals surface area contributed by atoms with Crippen molar-refractivity contribution >= 4 is 23.2 Å². The van der Waals surface area contributed by atoms with E-state index in [0.717, 1.165) is 13.0 Å². The molecule has 0 aliphatic carbocycles. The summed E-state index contributed by atoms with van der Waals surface area (Å²) < 4.78 is 0. The van der Waals surface area contributed by atoms with Crippen LogP contribution in [-0.2, 0) is 6.42 Å². The summed E-state index contributed by atoms with van der Waals surface area (Å²) in [6, 6.07) is 16.1. The smallest absolute Gasteiger partial charge is 0.0107 e. The van der Waals surface area contributed by atoms with Crippen LogP contribution in [0.4, 0.5) is 0 Å². The van der Waals surface area contributed by atoms with Crippen LogP contribution in [0.1, 0.15) is 38.7 Å². The maximum Gasteiger partial charge on any atom is 0.0107 e. The predicted octanol–water partition coefficient (Wildman–Crippen LogP) is 4.97. The average molecular weight is 292 g/mol. The fraction of sp³-hybridized carbons (Fsp3) is 0.444. The lowest BCUT2D eigenvalue weighted by molar-refractivity contribution is 0.473. The van der Waals surface area contributed by atoms with Crippen LogP contribution in [0.25, 0.3) is 10.8 Å². The van der Waals surface area contributed by atoms with Crippen LogP contribution < -0.4 is 5.32 Å². The molecule has 0 aliphatic heterocycles. The minimum absolute atomic E-state index is 0. The summed E-state index contributed by atoms with van der Waals surface area (Å²) >= 11 is 0. The fourth-order valence-corrected chi connectivity index (χ4v) is 2.62. The molecule has 2 aromatic carbocycles. The molecule has 1 nitrogen and oxygen atoms in total. The standard InChI is InChI=1S/C18H25N.ClH/c1-3-7-18(19-12-4-2)14-15-10-11-16-8-5-6-9-17(16)13-15;/h5-6,8-11,13,18-19H,3-4,7,12,14H2,1-2H3;1H. The Balaban J connectivity index is 0.00000200. The third kappa shape index (κ3) is 4.81. The molecule has 1 atom stereocenters. The van der Waals surface area contributed by atoms with Crippen molar-refractivity contribution in [1.29, 1.82) is 0 Å². The molecule has 0 aliphatic rings. The number of benzene rings is 2. The van der Waals surface area contributed by atoms with Gasteiger partial charge in [0.1, 0.15) is 0 Å². The Morgan fingerprint density at radius 3 is 2.40 bits per heavy atom. The molecule has 0 bridgehead atoms. The molecular formula is C18H26ClN. The summed E-state index contributed by atoms with van der Waals surface area (Å²) in [6.07, 6.45) is 4.85. The maximum atomic E-state index is 3.67. The molecular weight excluding hydrogens is 266 g/mol. The van der Waals surface area contributed by atoms with Gasteiger partial charge < -0.3 is 5.32 Å². The van der Waals surface area contributed by atoms with Gasteiger partial charge in [-0.1, -0.05) is 62.7 Å². The van der Waals surface area contributed by atoms with E-state index < -0.39 is 0 Å². The van der Waals surface area contributed by atoms with E-state index in [-0.39, 0.29) is 12.4 Å². The number of nitrogens with one attached hydrogen (secondary N) is 1. The van der Waals surface area contributed by atoms with E-state index in [0.29, 0.717) is 6.04 Å². The van der Waals surface area contributed by atoms with E-state index >= 15 is 0 Å². The molecule has 1 N–H and O–H groups in total. The highest BCUT2D eigenvalue weighted by Gasteiger charge is 2.08. The van der Waals surface area contributed by atoms with Gasteiger partial charge in [-0.2, -0.15) is 0 Å². The highest BCUT2D eigenvalue weighted by molar-refractivity contribution is 5.85. The minimum atomic E-state index is 0. The van der Waals surface area contributed by atoms with Gasteiger partial charge in [-0.05, 0) is 42.1 Å². The summed E-state index contributed by atoms with van der Waals surface area (Å²) in [6.45, 7) is 5.62. The topological polar surface area (TPSA) is 12.0 Å². The van der Waals surface area contributed by atoms with Crippen LogP contribution in [0.15, 0.2) is 42.5 Å². The summed E-state index contributed by atoms with van der Waals surface area (Å²) in [5.41, 5.74) is 1.45. The van der Waals surface area contributed by atoms with Crippen molar-refractivity contribution in [2.75, 3.05) is 6.54 Å². The Morgan fingerprint density at radius 1 is 0.950 bits per heavy atom. The van der Waals surface area contributed by atoms with Crippen molar-refractivity contribution in [2.45, 2.75) is 45.6 Å². The molecule has 2 heteroatoms. The molecule has 1 unspecified atom stereocenters. The van der Waals surface area contributed by atoms with E-state index in [9.17, 15) is 0 Å². The normalized spacial score (nSPS) is 12.1. The van der Waals surface area contributed by atoms with Crippen LogP contribution in [0.2, 0.25) is 0 Å². The van der Waals surface area contributed by atoms with Gasteiger partial charge in [-0.3, -0.25) is 0 Å². The second-order valence-corrected chi connectivity index (χ2v) is 5.33. The van der Waals surface area contributed by atoms with E-state index in [2.05, 4.69) is 61.6 Å². The van der Waals surface area contributed by atoms with Crippen LogP contribution >= 0.6 is 12.4 Å². The van der Waals surface area contributed by atoms with Crippen molar-refractivity contribution in [3.8, 4) is 0 Å². The monoisotopic (exact) mass is 291 g/mol. The van der Waals surface area contributed by atoms with Crippen LogP contribution in [-0.4, -0.2) is 12.6 Å². The van der Waals surface area contributed by atoms with E-state index in [1.165, 1.54) is 35.6 Å². The first-order valence-corrected chi connectivity index (χ1v) is 7.54. The molecule has 110 valence electrons. The molecule has 0 heterocycles. The lowest BCUT2D eigenvalue weighted by atomic mass is 9.99. The molecule has 0 radical (unpaired) electrons. The number of rotatable bonds is 7. The Morgan fingerprint density at radius 2 is 1.70 bits per heavy atom. The largest absolute Gasteiger partial charge is 0.314 e. The highest BCUT2D eigenvalue weighted by Crippen LogP contribution is 2.17. The van der Waals surface area contributed by atoms with Crippen molar-refractivity contribution in [3.63, 3.8) is 0 Å². The second-order valence-electron chi connectivity index (χ2n) is 5.33. The molecule has 0 saturated heterocycles. The van der Waals surface area contributed by atoms with Gasteiger partial charge in [0.25, 0.3) is 0 Å². The lowest BCUT2D eigenvalue weighted by Gasteiger charge is -2.18. The maximum absolute atomic E-state index is 3.67. The first-order valence-electron chi connectivity index (χ1n) is 7.54. The van der Waals surface area contributed by atoms with Crippen molar-refractivity contribution < 1.29 is 0 Å². The van der Waals surface area contributed by atoms with Gasteiger partial charge in [-0.25, -0.2) is 0 Å². The summed E-state index contributed by atoms with van der Waals surface area (Å²) in [7, 11) is 0. The molecule has 0 aromatic heterocycles. The highest BCUT2D eigenvalue weighted by atomic mass is 35.5. The first-order chi connectivity index (χ1) is 9.33. The van der Waals surface area contributed by atoms with Crippen LogP contribution in [0.3, 0.4) is 0 Å². The molecule has 0 amide bonds. The molecule has 0 fully saturated rings. The van der Waals surface area contributed by atoms with Crippen molar-refractivity contribution in [2.24, 2.45) is 0 Å². The van der Waals surface area contributed by atoms with Crippen molar-refractivity contribution in [1.82, 2.24) is 5.32 Å². The van der Waals surface area contributed by atoms with Crippen LogP contribution in [0, 0.1) is 0 Å². The number of halogens is 1. The molecule has 0 saturated carbocycles. The Hall–Kier alpha value is -1.05. The fourth-order valence-electron chi connectivity index (χ4n) is 2.62. The number of hydrogen-bond donors (Lipinski definition) is 1. The second kappa shape index (κ2) is 8.99. The lowest BCUT2D eigenvalue weighted by Crippen LogP contribution is -2.31. The van der Waals surface area contributed by atoms with Gasteiger partial charge in [-0.15, -0.1) is 12.4 Å². The number of hydrogen-bond acceptors (Lipinski definition) is 1. The van der Waals surface area contributed by atoms with Gasteiger partial charge in [0, 0.05) is 6.04 Å². The summed E-state index contributed by atoms with van der Waals surface area (Å²) in [4.78, 5) is 0. The average Bonchev–Trinajstić information content (AvgIpc) is 2.45. The van der Waals surface area contributed by atoms with Gasteiger partial charge >= 0.3 is 0 Å². The SMILES string of the molecule is CCCNC(CCC)Cc1ccc2ccccc2c1.Cl. The molecule has 2 rings (SSSR count). The zero-order valence-electron chi connectivity index (χ0n) is 12.6. The Kier molecular flexibility index (Phi) is 7.64. The van der Waals surface area contributed by atoms with Gasteiger partial charge in [0.05, 0.1) is 0 Å². The summed E-state index contributed by atoms with van der Waals surface area (Å²) in [5, 5.41) is 6.35. The predicted molar refractivity (Wildman–Crippen MR) is 91.9 cm³/mol. The van der Waals surface area contributed by atoms with Crippen molar-refractivity contribution in [3.05, 3.63) is 48.0 Å². The third-order valence-electron chi connectivity index (χ3n) is 3.62. The number of fused-ring (bicyclic) bond motifs is 1. The molecule has 20 heavy (non-hydrogen) atoms. The van der Waals surface area contributed by atoms with E-state index in [1.807, 2.05) is 0 Å². The molecule has 0 spiro atoms. The molecule has 2 aromatic rings. The van der Waals surface area contributed by atoms with Crippen LogP contribution in [0.5, 0.6) is 0 Å². The zero-order chi connectivity index (χ0) is 13.5. The van der Waals surface area contributed by atoms with Gasteiger partial charge in [0.2, 0.25) is 0 Å². The Labute approximate surface area is 129 Å². The zero-order valence-corrected chi connectivity index (χ0v) is 13.4. The van der Waals surface area contributed by atoms with E-state index in [1.54, 1.807) is 0 Å². The van der Waals surface area contributed by atoms with Gasteiger partial charge in [0.15, 0.2) is 0 Å². The third-order valence-corrected chi connectivity index (χ3v) is 3.62. The Bertz CT molecular complexity index is 509. The first kappa shape index (κ1) is 17.0. The quantitative estimate of drug-likeness (QED) is 0.759.